The van der Waals surface area contributed by atoms with E-state index in [1.165, 1.54) is 6.26 Å². The van der Waals surface area contributed by atoms with Gasteiger partial charge in [-0.1, -0.05) is 65.3 Å². The minimum atomic E-state index is -0.108. The van der Waals surface area contributed by atoms with E-state index in [-0.39, 0.29) is 24.3 Å². The van der Waals surface area contributed by atoms with Crippen molar-refractivity contribution in [2.24, 2.45) is 5.92 Å². The molecule has 138 valence electrons. The molecule has 3 aromatic rings. The zero-order valence-corrected chi connectivity index (χ0v) is 15.2. The van der Waals surface area contributed by atoms with E-state index >= 15 is 0 Å². The summed E-state index contributed by atoms with van der Waals surface area (Å²) in [6.45, 7) is 3.17. The maximum atomic E-state index is 13.2. The van der Waals surface area contributed by atoms with Crippen molar-refractivity contribution >= 4 is 5.91 Å². The molecule has 5 heteroatoms. The van der Waals surface area contributed by atoms with Gasteiger partial charge in [-0.3, -0.25) is 4.79 Å². The van der Waals surface area contributed by atoms with Crippen LogP contribution in [0, 0.1) is 12.8 Å². The Morgan fingerprint density at radius 1 is 1.15 bits per heavy atom. The molecule has 2 atom stereocenters. The minimum Gasteiger partial charge on any atom is -0.396 e. The van der Waals surface area contributed by atoms with Gasteiger partial charge in [-0.15, -0.1) is 0 Å². The molecule has 0 aliphatic carbocycles. The number of nitrogens with zero attached hydrogens (tertiary/aromatic N) is 2. The summed E-state index contributed by atoms with van der Waals surface area (Å²) in [6, 6.07) is 17.9. The van der Waals surface area contributed by atoms with Gasteiger partial charge < -0.3 is 14.5 Å². The quantitative estimate of drug-likeness (QED) is 0.771. The van der Waals surface area contributed by atoms with E-state index in [1.807, 2.05) is 49.4 Å². The standard InChI is InChI=1S/C22H22N2O3/c1-15-7-9-17(10-8-15)21-20(14-27-23-21)22(26)24-11-18(13-25)19(12-24)16-5-3-2-4-6-16/h2-10,14,18-19,25H,11-13H2,1H3. The Hall–Kier alpha value is -2.92. The lowest BCUT2D eigenvalue weighted by molar-refractivity contribution is 0.0781. The highest BCUT2D eigenvalue weighted by atomic mass is 16.5. The van der Waals surface area contributed by atoms with Crippen LogP contribution in [0.3, 0.4) is 0 Å². The van der Waals surface area contributed by atoms with Crippen molar-refractivity contribution in [3.8, 4) is 11.3 Å². The molecule has 1 N–H and O–H groups in total. The number of aliphatic hydroxyl groups excluding tert-OH is 1. The van der Waals surface area contributed by atoms with Crippen LogP contribution in [0.2, 0.25) is 0 Å². The molecule has 27 heavy (non-hydrogen) atoms. The second kappa shape index (κ2) is 7.37. The number of carbonyl (C=O) groups excluding carboxylic acids is 1. The number of hydrogen-bond donors (Lipinski definition) is 1. The van der Waals surface area contributed by atoms with E-state index in [0.29, 0.717) is 24.3 Å². The number of carbonyl (C=O) groups is 1. The first-order valence-electron chi connectivity index (χ1n) is 9.14. The van der Waals surface area contributed by atoms with Crippen LogP contribution in [-0.2, 0) is 0 Å². The zero-order valence-electron chi connectivity index (χ0n) is 15.2. The van der Waals surface area contributed by atoms with Crippen LogP contribution in [0.25, 0.3) is 11.3 Å². The first-order chi connectivity index (χ1) is 13.2. The Bertz CT molecular complexity index is 918. The monoisotopic (exact) mass is 362 g/mol. The highest BCUT2D eigenvalue weighted by molar-refractivity contribution is 5.99. The van der Waals surface area contributed by atoms with Gasteiger partial charge in [0.2, 0.25) is 0 Å². The Morgan fingerprint density at radius 2 is 1.89 bits per heavy atom. The number of aromatic nitrogens is 1. The number of amides is 1. The number of likely N-dealkylation sites (tertiary alicyclic amines) is 1. The molecule has 0 saturated carbocycles. The summed E-state index contributed by atoms with van der Waals surface area (Å²) in [6.07, 6.45) is 1.42. The third-order valence-electron chi connectivity index (χ3n) is 5.32. The van der Waals surface area contributed by atoms with Gasteiger partial charge in [0.25, 0.3) is 5.91 Å². The highest BCUT2D eigenvalue weighted by Crippen LogP contribution is 2.34. The normalized spacial score (nSPS) is 19.4. The van der Waals surface area contributed by atoms with Crippen molar-refractivity contribution in [1.29, 1.82) is 0 Å². The predicted octanol–water partition coefficient (Wildman–Crippen LogP) is 3.50. The van der Waals surface area contributed by atoms with Crippen molar-refractivity contribution in [2.45, 2.75) is 12.8 Å². The molecule has 4 rings (SSSR count). The fraction of sp³-hybridized carbons (Fsp3) is 0.273. The van der Waals surface area contributed by atoms with Crippen LogP contribution >= 0.6 is 0 Å². The molecule has 1 aromatic heterocycles. The van der Waals surface area contributed by atoms with Crippen molar-refractivity contribution in [3.63, 3.8) is 0 Å². The van der Waals surface area contributed by atoms with Crippen molar-refractivity contribution < 1.29 is 14.4 Å². The third kappa shape index (κ3) is 3.38. The fourth-order valence-electron chi connectivity index (χ4n) is 3.78. The Kier molecular flexibility index (Phi) is 4.77. The molecule has 1 aliphatic rings. The second-order valence-electron chi connectivity index (χ2n) is 7.11. The van der Waals surface area contributed by atoms with Crippen LogP contribution in [-0.4, -0.2) is 40.8 Å². The number of rotatable bonds is 4. The lowest BCUT2D eigenvalue weighted by Crippen LogP contribution is -2.29. The number of aryl methyl sites for hydroxylation is 1. The van der Waals surface area contributed by atoms with Crippen molar-refractivity contribution in [3.05, 3.63) is 77.6 Å². The molecule has 1 saturated heterocycles. The van der Waals surface area contributed by atoms with E-state index in [0.717, 1.165) is 16.7 Å². The van der Waals surface area contributed by atoms with Crippen molar-refractivity contribution in [1.82, 2.24) is 10.1 Å². The fourth-order valence-corrected chi connectivity index (χ4v) is 3.78. The van der Waals surface area contributed by atoms with E-state index in [1.54, 1.807) is 4.90 Å². The molecule has 2 unspecified atom stereocenters. The summed E-state index contributed by atoms with van der Waals surface area (Å²) in [5.41, 5.74) is 4.17. The Morgan fingerprint density at radius 3 is 2.59 bits per heavy atom. The van der Waals surface area contributed by atoms with E-state index in [4.69, 9.17) is 4.52 Å². The maximum absolute atomic E-state index is 13.2. The number of benzene rings is 2. The first-order valence-corrected chi connectivity index (χ1v) is 9.14. The van der Waals surface area contributed by atoms with Gasteiger partial charge in [-0.2, -0.15) is 0 Å². The van der Waals surface area contributed by atoms with E-state index in [2.05, 4.69) is 17.3 Å². The molecular weight excluding hydrogens is 340 g/mol. The predicted molar refractivity (Wildman–Crippen MR) is 102 cm³/mol. The Labute approximate surface area is 158 Å². The molecule has 2 aromatic carbocycles. The molecule has 5 nitrogen and oxygen atoms in total. The molecule has 0 spiro atoms. The highest BCUT2D eigenvalue weighted by Gasteiger charge is 2.37. The van der Waals surface area contributed by atoms with Gasteiger partial charge in [-0.05, 0) is 12.5 Å². The van der Waals surface area contributed by atoms with Crippen LogP contribution in [0.4, 0.5) is 0 Å². The number of hydrogen-bond acceptors (Lipinski definition) is 4. The topological polar surface area (TPSA) is 66.6 Å². The third-order valence-corrected chi connectivity index (χ3v) is 5.32. The minimum absolute atomic E-state index is 0.0269. The van der Waals surface area contributed by atoms with Gasteiger partial charge in [0, 0.05) is 37.1 Å². The molecule has 1 fully saturated rings. The van der Waals surface area contributed by atoms with E-state index in [9.17, 15) is 9.90 Å². The number of aliphatic hydroxyl groups is 1. The molecule has 2 heterocycles. The Balaban J connectivity index is 1.59. The summed E-state index contributed by atoms with van der Waals surface area (Å²) in [7, 11) is 0. The van der Waals surface area contributed by atoms with Crippen LogP contribution in [0.15, 0.2) is 65.4 Å². The van der Waals surface area contributed by atoms with Crippen LogP contribution in [0.5, 0.6) is 0 Å². The SMILES string of the molecule is Cc1ccc(-c2nocc2C(=O)N2CC(CO)C(c3ccccc3)C2)cc1. The average molecular weight is 362 g/mol. The smallest absolute Gasteiger partial charge is 0.259 e. The van der Waals surface area contributed by atoms with Crippen LogP contribution < -0.4 is 0 Å². The maximum Gasteiger partial charge on any atom is 0.259 e. The summed E-state index contributed by atoms with van der Waals surface area (Å²) >= 11 is 0. The van der Waals surface area contributed by atoms with Gasteiger partial charge in [0.15, 0.2) is 0 Å². The molecule has 1 amide bonds. The summed E-state index contributed by atoms with van der Waals surface area (Å²) in [4.78, 5) is 14.9. The van der Waals surface area contributed by atoms with Gasteiger partial charge in [0.1, 0.15) is 17.5 Å². The molecule has 1 aliphatic heterocycles. The summed E-state index contributed by atoms with van der Waals surface area (Å²) in [5, 5.41) is 13.9. The van der Waals surface area contributed by atoms with Gasteiger partial charge in [-0.25, -0.2) is 0 Å². The van der Waals surface area contributed by atoms with Gasteiger partial charge in [0.05, 0.1) is 0 Å². The lowest BCUT2D eigenvalue weighted by atomic mass is 9.90. The lowest BCUT2D eigenvalue weighted by Gasteiger charge is -2.16. The van der Waals surface area contributed by atoms with Crippen molar-refractivity contribution in [2.75, 3.05) is 19.7 Å². The zero-order chi connectivity index (χ0) is 18.8. The summed E-state index contributed by atoms with van der Waals surface area (Å²) in [5.74, 6) is 0.0468. The molecule has 0 radical (unpaired) electrons. The second-order valence-corrected chi connectivity index (χ2v) is 7.11. The molecular formula is C22H22N2O3. The summed E-state index contributed by atoms with van der Waals surface area (Å²) < 4.78 is 5.13. The first kappa shape index (κ1) is 17.5. The van der Waals surface area contributed by atoms with Crippen LogP contribution in [0.1, 0.15) is 27.4 Å². The molecule has 0 bridgehead atoms. The van der Waals surface area contributed by atoms with E-state index < -0.39 is 0 Å². The average Bonchev–Trinajstić information content (AvgIpc) is 3.36. The largest absolute Gasteiger partial charge is 0.396 e. The van der Waals surface area contributed by atoms with Gasteiger partial charge >= 0.3 is 0 Å².